The number of hydrogen-bond acceptors (Lipinski definition) is 6. The normalized spacial score (nSPS) is 15.9. The van der Waals surface area contributed by atoms with Gasteiger partial charge in [-0.25, -0.2) is 0 Å². The van der Waals surface area contributed by atoms with E-state index in [1.54, 1.807) is 12.1 Å². The molecule has 2 rings (SSSR count). The number of rotatable bonds is 15. The van der Waals surface area contributed by atoms with Crippen LogP contribution in [0.1, 0.15) is 108 Å². The number of unbranched alkanes of at least 4 members (excludes halogenated alkanes) is 13. The Kier molecular flexibility index (Phi) is 16.1. The Bertz CT molecular complexity index is 670. The number of carbonyl (C=O) groups excluding carboxylic acids is 2. The monoisotopic (exact) mass is 488 g/mol. The van der Waals surface area contributed by atoms with Crippen LogP contribution in [0.4, 0.5) is 0 Å². The third kappa shape index (κ3) is 14.9. The number of hydrogen-bond donors (Lipinski definition) is 0. The predicted octanol–water partition coefficient (Wildman–Crippen LogP) is 6.05. The number of carbonyl (C=O) groups is 2. The van der Waals surface area contributed by atoms with Crippen LogP contribution in [0.25, 0.3) is 0 Å². The summed E-state index contributed by atoms with van der Waals surface area (Å²) in [7, 11) is 0. The number of cyclic esters (lactones) is 2. The van der Waals surface area contributed by atoms with Crippen molar-refractivity contribution in [1.29, 1.82) is 0 Å². The van der Waals surface area contributed by atoms with Crippen molar-refractivity contribution < 1.29 is 19.1 Å². The largest absolute Gasteiger partial charge is 0.464 e. The van der Waals surface area contributed by atoms with Gasteiger partial charge in [-0.05, 0) is 25.1 Å². The molecule has 198 valence electrons. The zero-order valence-electron chi connectivity index (χ0n) is 22.1. The van der Waals surface area contributed by atoms with E-state index in [0.717, 1.165) is 13.0 Å². The molecule has 1 aliphatic rings. The van der Waals surface area contributed by atoms with E-state index in [1.165, 1.54) is 83.5 Å². The quantitative estimate of drug-likeness (QED) is 0.221. The van der Waals surface area contributed by atoms with E-state index in [-0.39, 0.29) is 24.8 Å². The van der Waals surface area contributed by atoms with Crippen LogP contribution >= 0.6 is 0 Å². The van der Waals surface area contributed by atoms with E-state index >= 15 is 0 Å². The lowest BCUT2D eigenvalue weighted by atomic mass is 10.0. The molecule has 0 saturated carbocycles. The highest BCUT2D eigenvalue weighted by molar-refractivity contribution is 5.73. The predicted molar refractivity (Wildman–Crippen MR) is 140 cm³/mol. The summed E-state index contributed by atoms with van der Waals surface area (Å²) in [6.45, 7) is 5.24. The molecule has 2 bridgehead atoms. The maximum Gasteiger partial charge on any atom is 0.311 e. The first kappa shape index (κ1) is 29.3. The van der Waals surface area contributed by atoms with Gasteiger partial charge < -0.3 is 9.47 Å². The summed E-state index contributed by atoms with van der Waals surface area (Å²) >= 11 is 0. The van der Waals surface area contributed by atoms with Gasteiger partial charge in [-0.3, -0.25) is 19.5 Å². The lowest BCUT2D eigenvalue weighted by molar-refractivity contribution is -0.143. The van der Waals surface area contributed by atoms with E-state index in [9.17, 15) is 9.59 Å². The average Bonchev–Trinajstić information content (AvgIpc) is 2.83. The van der Waals surface area contributed by atoms with Crippen LogP contribution in [0, 0.1) is 0 Å². The van der Waals surface area contributed by atoms with Gasteiger partial charge in [0.25, 0.3) is 0 Å². The van der Waals surface area contributed by atoms with Crippen molar-refractivity contribution >= 4 is 11.9 Å². The summed E-state index contributed by atoms with van der Waals surface area (Å²) in [6.07, 6.45) is 19.1. The third-order valence-electron chi connectivity index (χ3n) is 6.68. The molecule has 0 amide bonds. The van der Waals surface area contributed by atoms with Crippen molar-refractivity contribution in [3.05, 3.63) is 29.6 Å². The Balaban J connectivity index is 1.56. The van der Waals surface area contributed by atoms with Crippen LogP contribution in [-0.2, 0) is 31.9 Å². The Hall–Kier alpha value is -1.95. The number of aromatic nitrogens is 1. The highest BCUT2D eigenvalue weighted by atomic mass is 16.5. The fourth-order valence-corrected chi connectivity index (χ4v) is 4.57. The summed E-state index contributed by atoms with van der Waals surface area (Å²) in [4.78, 5) is 30.9. The Morgan fingerprint density at radius 1 is 0.686 bits per heavy atom. The fraction of sp³-hybridized carbons (Fsp3) is 0.759. The minimum atomic E-state index is -0.272. The number of ether oxygens (including phenoxy) is 2. The van der Waals surface area contributed by atoms with Gasteiger partial charge in [0, 0.05) is 13.1 Å². The summed E-state index contributed by atoms with van der Waals surface area (Å²) < 4.78 is 10.9. The third-order valence-corrected chi connectivity index (χ3v) is 6.68. The molecule has 6 nitrogen and oxygen atoms in total. The summed E-state index contributed by atoms with van der Waals surface area (Å²) in [5.74, 6) is -0.545. The fourth-order valence-electron chi connectivity index (χ4n) is 4.57. The zero-order valence-corrected chi connectivity index (χ0v) is 22.1. The average molecular weight is 489 g/mol. The lowest BCUT2D eigenvalue weighted by Crippen LogP contribution is -2.33. The highest BCUT2D eigenvalue weighted by Crippen LogP contribution is 2.13. The molecule has 0 N–H and O–H groups in total. The van der Waals surface area contributed by atoms with Crippen LogP contribution in [0.2, 0.25) is 0 Å². The molecular formula is C29H48N2O4. The van der Waals surface area contributed by atoms with Gasteiger partial charge in [0.05, 0.1) is 24.2 Å². The second-order valence-corrected chi connectivity index (χ2v) is 9.85. The van der Waals surface area contributed by atoms with Crippen LogP contribution in [0.3, 0.4) is 0 Å². The van der Waals surface area contributed by atoms with E-state index in [2.05, 4.69) is 16.8 Å². The summed E-state index contributed by atoms with van der Waals surface area (Å²) in [5, 5.41) is 0. The summed E-state index contributed by atoms with van der Waals surface area (Å²) in [5.41, 5.74) is 1.24. The van der Waals surface area contributed by atoms with Crippen LogP contribution < -0.4 is 0 Å². The van der Waals surface area contributed by atoms with Gasteiger partial charge in [-0.2, -0.15) is 0 Å². The van der Waals surface area contributed by atoms with Crippen LogP contribution in [0.15, 0.2) is 18.2 Å². The molecule has 0 fully saturated rings. The second kappa shape index (κ2) is 19.3. The Labute approximate surface area is 213 Å². The maximum absolute atomic E-state index is 12.2. The molecule has 0 spiro atoms. The van der Waals surface area contributed by atoms with Crippen molar-refractivity contribution in [3.8, 4) is 0 Å². The molecule has 0 unspecified atom stereocenters. The van der Waals surface area contributed by atoms with Crippen molar-refractivity contribution in [1.82, 2.24) is 9.88 Å². The first-order chi connectivity index (χ1) is 17.2. The van der Waals surface area contributed by atoms with Gasteiger partial charge in [-0.1, -0.05) is 96.5 Å². The number of fused-ring (bicyclic) bond motifs is 2. The molecule has 1 aromatic heterocycles. The first-order valence-electron chi connectivity index (χ1n) is 14.2. The minimum absolute atomic E-state index is 0.127. The maximum atomic E-state index is 12.2. The molecule has 2 heterocycles. The Morgan fingerprint density at radius 3 is 1.57 bits per heavy atom. The van der Waals surface area contributed by atoms with Crippen molar-refractivity contribution in [2.45, 2.75) is 110 Å². The SMILES string of the molecule is CCCCCCCCCCCCCCCCN1CCOC(=O)Cc2cccc(n2)CC(=O)OCC1. The topological polar surface area (TPSA) is 68.7 Å². The standard InChI is InChI=1S/C29H48N2O4/c1-2-3-4-5-6-7-8-9-10-11-12-13-14-15-19-31-20-22-34-28(32)24-26-17-16-18-27(30-26)25-29(33)35-23-21-31/h16-18H,2-15,19-25H2,1H3. The molecule has 35 heavy (non-hydrogen) atoms. The molecular weight excluding hydrogens is 440 g/mol. The number of nitrogens with zero attached hydrogens (tertiary/aromatic N) is 2. The van der Waals surface area contributed by atoms with E-state index in [1.807, 2.05) is 6.07 Å². The Morgan fingerprint density at radius 2 is 1.11 bits per heavy atom. The molecule has 0 radical (unpaired) electrons. The molecule has 0 aliphatic carbocycles. The first-order valence-corrected chi connectivity index (χ1v) is 14.2. The molecule has 0 aromatic carbocycles. The van der Waals surface area contributed by atoms with Gasteiger partial charge in [-0.15, -0.1) is 0 Å². The van der Waals surface area contributed by atoms with Gasteiger partial charge in [0.15, 0.2) is 0 Å². The van der Waals surface area contributed by atoms with E-state index in [0.29, 0.717) is 37.7 Å². The van der Waals surface area contributed by atoms with Gasteiger partial charge in [0.2, 0.25) is 0 Å². The number of esters is 2. The van der Waals surface area contributed by atoms with Crippen LogP contribution in [0.5, 0.6) is 0 Å². The summed E-state index contributed by atoms with van der Waals surface area (Å²) in [6, 6.07) is 5.37. The van der Waals surface area contributed by atoms with E-state index in [4.69, 9.17) is 9.47 Å². The zero-order chi connectivity index (χ0) is 25.0. The lowest BCUT2D eigenvalue weighted by Gasteiger charge is -2.22. The molecule has 0 atom stereocenters. The van der Waals surface area contributed by atoms with Gasteiger partial charge in [0.1, 0.15) is 13.2 Å². The molecule has 1 aromatic rings. The van der Waals surface area contributed by atoms with Crippen molar-refractivity contribution in [3.63, 3.8) is 0 Å². The second-order valence-electron chi connectivity index (χ2n) is 9.85. The highest BCUT2D eigenvalue weighted by Gasteiger charge is 2.13. The van der Waals surface area contributed by atoms with Crippen molar-refractivity contribution in [2.75, 3.05) is 32.8 Å². The smallest absolute Gasteiger partial charge is 0.311 e. The minimum Gasteiger partial charge on any atom is -0.464 e. The molecule has 6 heteroatoms. The number of pyridine rings is 1. The van der Waals surface area contributed by atoms with E-state index < -0.39 is 0 Å². The van der Waals surface area contributed by atoms with Gasteiger partial charge >= 0.3 is 11.9 Å². The molecule has 0 saturated heterocycles. The van der Waals surface area contributed by atoms with Crippen molar-refractivity contribution in [2.24, 2.45) is 0 Å². The molecule has 1 aliphatic heterocycles. The van der Waals surface area contributed by atoms with Crippen LogP contribution in [-0.4, -0.2) is 54.7 Å².